The number of fused-ring (bicyclic) bond motifs is 1. The Kier molecular flexibility index (Phi) is 2.34. The fourth-order valence-electron chi connectivity index (χ4n) is 2.05. The molecule has 17 heavy (non-hydrogen) atoms. The van der Waals surface area contributed by atoms with Crippen molar-refractivity contribution in [3.8, 4) is 10.4 Å². The van der Waals surface area contributed by atoms with Crippen LogP contribution < -0.4 is 5.56 Å². The van der Waals surface area contributed by atoms with E-state index >= 15 is 0 Å². The van der Waals surface area contributed by atoms with Crippen molar-refractivity contribution in [1.82, 2.24) is 4.57 Å². The minimum atomic E-state index is 0.0344. The number of hydrogen-bond acceptors (Lipinski definition) is 2. The molecule has 0 N–H and O–H groups in total. The SMILES string of the molecule is Cn1c(=O)cc(-c2cccs2)c2ccccc21. The van der Waals surface area contributed by atoms with Crippen molar-refractivity contribution < 1.29 is 0 Å². The Balaban J connectivity index is 2.48. The summed E-state index contributed by atoms with van der Waals surface area (Å²) in [5, 5.41) is 3.15. The zero-order valence-electron chi connectivity index (χ0n) is 9.38. The van der Waals surface area contributed by atoms with E-state index in [4.69, 9.17) is 0 Å². The number of nitrogens with zero attached hydrogens (tertiary/aromatic N) is 1. The zero-order chi connectivity index (χ0) is 11.8. The topological polar surface area (TPSA) is 22.0 Å². The van der Waals surface area contributed by atoms with E-state index in [1.807, 2.05) is 42.8 Å². The van der Waals surface area contributed by atoms with Gasteiger partial charge in [0.2, 0.25) is 0 Å². The first-order chi connectivity index (χ1) is 8.27. The number of aromatic nitrogens is 1. The molecule has 0 atom stereocenters. The second-order valence-electron chi connectivity index (χ2n) is 3.95. The Morgan fingerprint density at radius 3 is 2.71 bits per heavy atom. The van der Waals surface area contributed by atoms with Gasteiger partial charge in [0.05, 0.1) is 5.52 Å². The smallest absolute Gasteiger partial charge is 0.251 e. The molecule has 0 aliphatic carbocycles. The van der Waals surface area contributed by atoms with Gasteiger partial charge in [0.25, 0.3) is 5.56 Å². The Morgan fingerprint density at radius 2 is 1.94 bits per heavy atom. The maximum absolute atomic E-state index is 11.9. The van der Waals surface area contributed by atoms with Crippen molar-refractivity contribution >= 4 is 22.2 Å². The van der Waals surface area contributed by atoms with Crippen molar-refractivity contribution in [2.75, 3.05) is 0 Å². The number of hydrogen-bond donors (Lipinski definition) is 0. The van der Waals surface area contributed by atoms with Crippen molar-refractivity contribution in [3.05, 3.63) is 58.2 Å². The Morgan fingerprint density at radius 1 is 1.12 bits per heavy atom. The minimum absolute atomic E-state index is 0.0344. The van der Waals surface area contributed by atoms with Crippen LogP contribution in [-0.4, -0.2) is 4.57 Å². The van der Waals surface area contributed by atoms with Gasteiger partial charge in [0.15, 0.2) is 0 Å². The van der Waals surface area contributed by atoms with Gasteiger partial charge in [-0.3, -0.25) is 4.79 Å². The van der Waals surface area contributed by atoms with Gasteiger partial charge in [-0.15, -0.1) is 11.3 Å². The summed E-state index contributed by atoms with van der Waals surface area (Å²) < 4.78 is 1.69. The zero-order valence-corrected chi connectivity index (χ0v) is 10.2. The molecule has 0 aliphatic rings. The van der Waals surface area contributed by atoms with Crippen LogP contribution in [-0.2, 0) is 7.05 Å². The molecule has 0 saturated heterocycles. The van der Waals surface area contributed by atoms with E-state index in [-0.39, 0.29) is 5.56 Å². The summed E-state index contributed by atoms with van der Waals surface area (Å²) in [6.45, 7) is 0. The molecule has 0 bridgehead atoms. The maximum atomic E-state index is 11.9. The Labute approximate surface area is 103 Å². The highest BCUT2D eigenvalue weighted by Gasteiger charge is 2.08. The van der Waals surface area contributed by atoms with Gasteiger partial charge in [0, 0.05) is 28.9 Å². The first-order valence-electron chi connectivity index (χ1n) is 5.40. The van der Waals surface area contributed by atoms with Crippen LogP contribution in [0.15, 0.2) is 52.6 Å². The monoisotopic (exact) mass is 241 g/mol. The molecule has 0 spiro atoms. The van der Waals surface area contributed by atoms with Gasteiger partial charge in [-0.2, -0.15) is 0 Å². The third-order valence-electron chi connectivity index (χ3n) is 2.94. The molecule has 0 saturated carbocycles. The molecule has 84 valence electrons. The van der Waals surface area contributed by atoms with E-state index in [0.29, 0.717) is 0 Å². The van der Waals surface area contributed by atoms with Gasteiger partial charge in [-0.05, 0) is 17.5 Å². The van der Waals surface area contributed by atoms with Crippen molar-refractivity contribution in [3.63, 3.8) is 0 Å². The van der Waals surface area contributed by atoms with Crippen LogP contribution in [0, 0.1) is 0 Å². The summed E-state index contributed by atoms with van der Waals surface area (Å²) in [7, 11) is 1.81. The summed E-state index contributed by atoms with van der Waals surface area (Å²) in [6, 6.07) is 13.8. The lowest BCUT2D eigenvalue weighted by atomic mass is 10.1. The van der Waals surface area contributed by atoms with Crippen LogP contribution >= 0.6 is 11.3 Å². The predicted octanol–water partition coefficient (Wildman–Crippen LogP) is 3.27. The minimum Gasteiger partial charge on any atom is -0.311 e. The highest BCUT2D eigenvalue weighted by atomic mass is 32.1. The van der Waals surface area contributed by atoms with Crippen LogP contribution in [0.5, 0.6) is 0 Å². The molecule has 2 aromatic heterocycles. The summed E-state index contributed by atoms with van der Waals surface area (Å²) in [6.07, 6.45) is 0. The molecule has 0 fully saturated rings. The second-order valence-corrected chi connectivity index (χ2v) is 4.90. The molecule has 0 amide bonds. The summed E-state index contributed by atoms with van der Waals surface area (Å²) in [5.74, 6) is 0. The highest BCUT2D eigenvalue weighted by molar-refractivity contribution is 7.13. The number of benzene rings is 1. The number of thiophene rings is 1. The maximum Gasteiger partial charge on any atom is 0.251 e. The third-order valence-corrected chi connectivity index (χ3v) is 3.84. The van der Waals surface area contributed by atoms with E-state index in [0.717, 1.165) is 21.3 Å². The lowest BCUT2D eigenvalue weighted by Crippen LogP contribution is -2.16. The molecule has 3 heteroatoms. The molecule has 2 nitrogen and oxygen atoms in total. The summed E-state index contributed by atoms with van der Waals surface area (Å²) >= 11 is 1.66. The van der Waals surface area contributed by atoms with E-state index < -0.39 is 0 Å². The molecule has 0 aliphatic heterocycles. The van der Waals surface area contributed by atoms with Crippen LogP contribution in [0.4, 0.5) is 0 Å². The Bertz CT molecular complexity index is 726. The molecule has 2 heterocycles. The molecule has 0 radical (unpaired) electrons. The summed E-state index contributed by atoms with van der Waals surface area (Å²) in [5.41, 5.74) is 2.04. The predicted molar refractivity (Wildman–Crippen MR) is 72.5 cm³/mol. The summed E-state index contributed by atoms with van der Waals surface area (Å²) in [4.78, 5) is 13.1. The first-order valence-corrected chi connectivity index (χ1v) is 6.28. The lowest BCUT2D eigenvalue weighted by Gasteiger charge is -2.08. The Hall–Kier alpha value is -1.87. The van der Waals surface area contributed by atoms with Gasteiger partial charge in [0.1, 0.15) is 0 Å². The fraction of sp³-hybridized carbons (Fsp3) is 0.0714. The fourth-order valence-corrected chi connectivity index (χ4v) is 2.80. The van der Waals surface area contributed by atoms with E-state index in [9.17, 15) is 4.79 Å². The molecule has 0 unspecified atom stereocenters. The standard InChI is InChI=1S/C14H11NOS/c1-15-12-6-3-2-5-10(12)11(9-14(15)16)13-7-4-8-17-13/h2-9H,1H3. The van der Waals surface area contributed by atoms with Crippen LogP contribution in [0.25, 0.3) is 21.3 Å². The highest BCUT2D eigenvalue weighted by Crippen LogP contribution is 2.29. The van der Waals surface area contributed by atoms with Gasteiger partial charge in [-0.1, -0.05) is 24.3 Å². The third kappa shape index (κ3) is 1.59. The van der Waals surface area contributed by atoms with Gasteiger partial charge >= 0.3 is 0 Å². The molecular formula is C14H11NOS. The molecular weight excluding hydrogens is 230 g/mol. The van der Waals surface area contributed by atoms with Crippen molar-refractivity contribution in [2.24, 2.45) is 7.05 Å². The van der Waals surface area contributed by atoms with Gasteiger partial charge in [-0.25, -0.2) is 0 Å². The van der Waals surface area contributed by atoms with Crippen LogP contribution in [0.2, 0.25) is 0 Å². The number of pyridine rings is 1. The molecule has 3 rings (SSSR count). The molecule has 3 aromatic rings. The number of aryl methyl sites for hydroxylation is 1. The second kappa shape index (κ2) is 3.86. The van der Waals surface area contributed by atoms with E-state index in [1.54, 1.807) is 22.0 Å². The number of rotatable bonds is 1. The molecule has 1 aromatic carbocycles. The first kappa shape index (κ1) is 10.3. The van der Waals surface area contributed by atoms with Crippen LogP contribution in [0.3, 0.4) is 0 Å². The quantitative estimate of drug-likeness (QED) is 0.641. The van der Waals surface area contributed by atoms with E-state index in [1.165, 1.54) is 0 Å². The van der Waals surface area contributed by atoms with Gasteiger partial charge < -0.3 is 4.57 Å². The number of para-hydroxylation sites is 1. The van der Waals surface area contributed by atoms with E-state index in [2.05, 4.69) is 6.07 Å². The average molecular weight is 241 g/mol. The van der Waals surface area contributed by atoms with Crippen molar-refractivity contribution in [2.45, 2.75) is 0 Å². The largest absolute Gasteiger partial charge is 0.311 e. The normalized spacial score (nSPS) is 10.9. The van der Waals surface area contributed by atoms with Crippen LogP contribution in [0.1, 0.15) is 0 Å². The average Bonchev–Trinajstić information content (AvgIpc) is 2.87. The van der Waals surface area contributed by atoms with Crippen molar-refractivity contribution in [1.29, 1.82) is 0 Å². The lowest BCUT2D eigenvalue weighted by molar-refractivity contribution is 0.907.